The second kappa shape index (κ2) is 10.5. The summed E-state index contributed by atoms with van der Waals surface area (Å²) in [5, 5.41) is 3.02. The summed E-state index contributed by atoms with van der Waals surface area (Å²) < 4.78 is 23.1. The Morgan fingerprint density at radius 3 is 2.71 bits per heavy atom. The summed E-state index contributed by atoms with van der Waals surface area (Å²) in [7, 11) is 1.31. The van der Waals surface area contributed by atoms with Gasteiger partial charge in [-0.15, -0.1) is 0 Å². The predicted octanol–water partition coefficient (Wildman–Crippen LogP) is 1.96. The number of hydrogen-bond donors (Lipinski definition) is 1. The van der Waals surface area contributed by atoms with Gasteiger partial charge in [0.25, 0.3) is 0 Å². The van der Waals surface area contributed by atoms with Crippen LogP contribution in [0.1, 0.15) is 50.5 Å². The molecule has 0 radical (unpaired) electrons. The number of esters is 1. The first-order chi connectivity index (χ1) is 17.0. The van der Waals surface area contributed by atoms with Crippen molar-refractivity contribution in [3.63, 3.8) is 0 Å². The van der Waals surface area contributed by atoms with Crippen molar-refractivity contribution in [1.29, 1.82) is 0 Å². The molecule has 1 aromatic rings. The highest BCUT2D eigenvalue weighted by Gasteiger charge is 2.56. The summed E-state index contributed by atoms with van der Waals surface area (Å²) in [4.78, 5) is 41.4. The van der Waals surface area contributed by atoms with E-state index in [1.807, 2.05) is 24.3 Å². The second-order valence-electron chi connectivity index (χ2n) is 9.92. The average Bonchev–Trinajstić information content (AvgIpc) is 3.42. The summed E-state index contributed by atoms with van der Waals surface area (Å²) in [6.07, 6.45) is 4.86. The van der Waals surface area contributed by atoms with Gasteiger partial charge in [0, 0.05) is 6.42 Å². The molecule has 9 heteroatoms. The molecular weight excluding hydrogens is 452 g/mol. The van der Waals surface area contributed by atoms with Crippen molar-refractivity contribution < 1.29 is 33.3 Å². The van der Waals surface area contributed by atoms with Gasteiger partial charge < -0.3 is 29.2 Å². The van der Waals surface area contributed by atoms with E-state index < -0.39 is 36.6 Å². The van der Waals surface area contributed by atoms with E-state index >= 15 is 0 Å². The first kappa shape index (κ1) is 24.1. The van der Waals surface area contributed by atoms with Crippen LogP contribution in [0, 0.1) is 5.92 Å². The van der Waals surface area contributed by atoms with Gasteiger partial charge >= 0.3 is 5.97 Å². The zero-order valence-electron chi connectivity index (χ0n) is 20.1. The number of nitrogens with zero attached hydrogens (tertiary/aromatic N) is 1. The van der Waals surface area contributed by atoms with Crippen molar-refractivity contribution in [3.8, 4) is 5.75 Å². The largest absolute Gasteiger partial charge is 0.494 e. The van der Waals surface area contributed by atoms with Crippen molar-refractivity contribution in [2.24, 2.45) is 5.92 Å². The van der Waals surface area contributed by atoms with E-state index in [0.717, 1.165) is 37.7 Å². The number of benzene rings is 1. The van der Waals surface area contributed by atoms with Gasteiger partial charge in [0.05, 0.1) is 26.7 Å². The zero-order chi connectivity index (χ0) is 24.4. The Labute approximate surface area is 205 Å². The van der Waals surface area contributed by atoms with E-state index in [1.165, 1.54) is 12.0 Å². The number of carbonyl (C=O) groups excluding carboxylic acids is 3. The van der Waals surface area contributed by atoms with Crippen LogP contribution in [0.25, 0.3) is 0 Å². The molecular formula is C26H34N2O7. The Hall–Kier alpha value is -2.65. The highest BCUT2D eigenvalue weighted by molar-refractivity contribution is 5.92. The number of hydrogen-bond acceptors (Lipinski definition) is 7. The number of fused-ring (bicyclic) bond motifs is 7. The lowest BCUT2D eigenvalue weighted by molar-refractivity contribution is -0.160. The van der Waals surface area contributed by atoms with Crippen LogP contribution in [0.5, 0.6) is 5.75 Å². The lowest BCUT2D eigenvalue weighted by Crippen LogP contribution is -2.56. The number of carbonyl (C=O) groups is 3. The minimum absolute atomic E-state index is 0.0188. The molecule has 6 bridgehead atoms. The zero-order valence-corrected chi connectivity index (χ0v) is 20.1. The third-order valence-corrected chi connectivity index (χ3v) is 7.57. The predicted molar refractivity (Wildman–Crippen MR) is 124 cm³/mol. The van der Waals surface area contributed by atoms with Crippen molar-refractivity contribution in [2.75, 3.05) is 20.3 Å². The molecule has 9 nitrogen and oxygen atoms in total. The Balaban J connectivity index is 1.45. The fourth-order valence-corrected chi connectivity index (χ4v) is 5.84. The molecule has 1 unspecified atom stereocenters. The summed E-state index contributed by atoms with van der Waals surface area (Å²) in [5.41, 5.74) is 0.821. The topological polar surface area (TPSA) is 103 Å². The normalized spacial score (nSPS) is 32.1. The fourth-order valence-electron chi connectivity index (χ4n) is 5.84. The van der Waals surface area contributed by atoms with Gasteiger partial charge in [-0.05, 0) is 42.9 Å². The van der Waals surface area contributed by atoms with Crippen LogP contribution >= 0.6 is 0 Å². The number of amides is 2. The summed E-state index contributed by atoms with van der Waals surface area (Å²) in [6, 6.07) is 5.87. The molecule has 2 saturated heterocycles. The van der Waals surface area contributed by atoms with Crippen LogP contribution in [-0.2, 0) is 35.0 Å². The smallest absolute Gasteiger partial charge is 0.331 e. The van der Waals surface area contributed by atoms with Crippen LogP contribution in [0.2, 0.25) is 0 Å². The molecule has 1 aliphatic carbocycles. The van der Waals surface area contributed by atoms with Crippen LogP contribution < -0.4 is 10.1 Å². The Bertz CT molecular complexity index is 947. The van der Waals surface area contributed by atoms with E-state index in [9.17, 15) is 14.4 Å². The van der Waals surface area contributed by atoms with E-state index in [0.29, 0.717) is 25.2 Å². The van der Waals surface area contributed by atoms with Crippen LogP contribution in [0.15, 0.2) is 24.3 Å². The van der Waals surface area contributed by atoms with Crippen LogP contribution in [-0.4, -0.2) is 73.5 Å². The average molecular weight is 487 g/mol. The molecule has 4 aliphatic heterocycles. The van der Waals surface area contributed by atoms with E-state index in [1.54, 1.807) is 0 Å². The van der Waals surface area contributed by atoms with Crippen molar-refractivity contribution in [2.45, 2.75) is 81.9 Å². The number of rotatable bonds is 2. The number of ether oxygens (including phenoxy) is 4. The maximum absolute atomic E-state index is 13.9. The molecule has 2 amide bonds. The van der Waals surface area contributed by atoms with Crippen molar-refractivity contribution in [3.05, 3.63) is 29.8 Å². The van der Waals surface area contributed by atoms with Gasteiger partial charge in [-0.3, -0.25) is 9.59 Å². The molecule has 1 N–H and O–H groups in total. The standard InChI is InChI=1S/C26H34N2O7/c1-32-26(31)23-24-19-15-28(23)25(30)22(17-8-3-2-4-9-17)27-20(29)14-16-7-5-10-18(13-16)33-12-6-11-21(34-19)35-24/h5,7,10,13,17,19,21-24H,2-4,6,8-9,11-12,14-15H2,1H3,(H,27,29)/t19-,21?,22-,23-,24-/m0/s1. The first-order valence-corrected chi connectivity index (χ1v) is 12.7. The Kier molecular flexibility index (Phi) is 7.24. The molecule has 35 heavy (non-hydrogen) atoms. The first-order valence-electron chi connectivity index (χ1n) is 12.7. The monoisotopic (exact) mass is 486 g/mol. The van der Waals surface area contributed by atoms with Crippen molar-refractivity contribution >= 4 is 17.8 Å². The highest BCUT2D eigenvalue weighted by atomic mass is 16.7. The third kappa shape index (κ3) is 5.16. The lowest BCUT2D eigenvalue weighted by Gasteiger charge is -2.35. The minimum atomic E-state index is -0.896. The van der Waals surface area contributed by atoms with Gasteiger partial charge in [0.2, 0.25) is 11.8 Å². The summed E-state index contributed by atoms with van der Waals surface area (Å²) in [6.45, 7) is 0.707. The quantitative estimate of drug-likeness (QED) is 0.638. The summed E-state index contributed by atoms with van der Waals surface area (Å²) >= 11 is 0. The summed E-state index contributed by atoms with van der Waals surface area (Å²) in [5.74, 6) is -0.298. The fraction of sp³-hybridized carbons (Fsp3) is 0.654. The molecule has 0 spiro atoms. The molecule has 3 fully saturated rings. The number of methoxy groups -OCH3 is 1. The molecule has 190 valence electrons. The van der Waals surface area contributed by atoms with Crippen molar-refractivity contribution in [1.82, 2.24) is 10.2 Å². The SMILES string of the molecule is COC(=O)[C@@H]1[C@H]2OC3CCCOc4cccc(c4)CC(=O)N[C@@H](C4CCCCC4)C(=O)N1C[C@@H]2O3. The molecule has 1 saturated carbocycles. The van der Waals surface area contributed by atoms with Gasteiger partial charge in [-0.1, -0.05) is 31.4 Å². The van der Waals surface area contributed by atoms with Gasteiger partial charge in [-0.2, -0.15) is 0 Å². The maximum Gasteiger partial charge on any atom is 0.331 e. The minimum Gasteiger partial charge on any atom is -0.494 e. The molecule has 5 aliphatic rings. The molecule has 6 rings (SSSR count). The van der Waals surface area contributed by atoms with Gasteiger partial charge in [-0.25, -0.2) is 4.79 Å². The lowest BCUT2D eigenvalue weighted by atomic mass is 9.83. The maximum atomic E-state index is 13.9. The second-order valence-corrected chi connectivity index (χ2v) is 9.92. The van der Waals surface area contributed by atoms with Gasteiger partial charge in [0.1, 0.15) is 24.0 Å². The van der Waals surface area contributed by atoms with Crippen LogP contribution in [0.4, 0.5) is 0 Å². The molecule has 4 heterocycles. The molecule has 5 atom stereocenters. The Morgan fingerprint density at radius 1 is 1.09 bits per heavy atom. The van der Waals surface area contributed by atoms with E-state index in [-0.39, 0.29) is 30.7 Å². The van der Waals surface area contributed by atoms with E-state index in [4.69, 9.17) is 18.9 Å². The van der Waals surface area contributed by atoms with Crippen LogP contribution in [0.3, 0.4) is 0 Å². The third-order valence-electron chi connectivity index (χ3n) is 7.57. The molecule has 0 aromatic heterocycles. The Morgan fingerprint density at radius 2 is 1.91 bits per heavy atom. The molecule has 1 aromatic carbocycles. The number of nitrogens with one attached hydrogen (secondary N) is 1. The van der Waals surface area contributed by atoms with Gasteiger partial charge in [0.15, 0.2) is 12.3 Å². The van der Waals surface area contributed by atoms with E-state index in [2.05, 4.69) is 5.32 Å². The highest BCUT2D eigenvalue weighted by Crippen LogP contribution is 2.36.